The van der Waals surface area contributed by atoms with Gasteiger partial charge in [0.05, 0.1) is 17.0 Å². The standard InChI is InChI=1S/C23H18N2O2/c1-17-22(23(26)25(24-17)19-10-4-2-5-11-19)16-18-9-8-14-21(15-18)27-20-12-6-3-7-13-20/h2-16H,1H3/b22-16+. The predicted octanol–water partition coefficient (Wildman–Crippen LogP) is 5.29. The van der Waals surface area contributed by atoms with Gasteiger partial charge in [-0.2, -0.15) is 10.1 Å². The van der Waals surface area contributed by atoms with Crippen molar-refractivity contribution < 1.29 is 9.53 Å². The second kappa shape index (κ2) is 7.30. The van der Waals surface area contributed by atoms with E-state index < -0.39 is 0 Å². The number of para-hydroxylation sites is 2. The van der Waals surface area contributed by atoms with Gasteiger partial charge in [-0.25, -0.2) is 0 Å². The fourth-order valence-electron chi connectivity index (χ4n) is 2.89. The third-order valence-electron chi connectivity index (χ3n) is 4.21. The second-order valence-electron chi connectivity index (χ2n) is 6.18. The summed E-state index contributed by atoms with van der Waals surface area (Å²) in [5.41, 5.74) is 2.91. The molecular formula is C23H18N2O2. The highest BCUT2D eigenvalue weighted by molar-refractivity contribution is 6.32. The lowest BCUT2D eigenvalue weighted by molar-refractivity contribution is -0.114. The van der Waals surface area contributed by atoms with Crippen molar-refractivity contribution in [2.75, 3.05) is 5.01 Å². The summed E-state index contributed by atoms with van der Waals surface area (Å²) in [6.07, 6.45) is 1.85. The van der Waals surface area contributed by atoms with Crippen molar-refractivity contribution in [1.82, 2.24) is 0 Å². The highest BCUT2D eigenvalue weighted by Crippen LogP contribution is 2.26. The predicted molar refractivity (Wildman–Crippen MR) is 108 cm³/mol. The fraction of sp³-hybridized carbons (Fsp3) is 0.0435. The number of nitrogens with zero attached hydrogens (tertiary/aromatic N) is 2. The Morgan fingerprint density at radius 1 is 0.852 bits per heavy atom. The van der Waals surface area contributed by atoms with Crippen molar-refractivity contribution >= 4 is 23.4 Å². The first-order valence-corrected chi connectivity index (χ1v) is 8.70. The SMILES string of the molecule is CC1=NN(c2ccccc2)C(=O)/C1=C/c1cccc(Oc2ccccc2)c1. The monoisotopic (exact) mass is 354 g/mol. The molecule has 0 radical (unpaired) electrons. The maximum absolute atomic E-state index is 12.8. The summed E-state index contributed by atoms with van der Waals surface area (Å²) < 4.78 is 5.87. The Balaban J connectivity index is 1.59. The molecule has 4 heteroatoms. The van der Waals surface area contributed by atoms with Gasteiger partial charge in [0.1, 0.15) is 11.5 Å². The highest BCUT2D eigenvalue weighted by atomic mass is 16.5. The molecule has 3 aromatic rings. The van der Waals surface area contributed by atoms with Crippen LogP contribution in [0, 0.1) is 0 Å². The van der Waals surface area contributed by atoms with Gasteiger partial charge in [0.15, 0.2) is 0 Å². The number of carbonyl (C=O) groups excluding carboxylic acids is 1. The Bertz CT molecular complexity index is 1020. The van der Waals surface area contributed by atoms with Gasteiger partial charge in [0.25, 0.3) is 5.91 Å². The molecule has 4 rings (SSSR count). The molecule has 1 aliphatic rings. The van der Waals surface area contributed by atoms with E-state index in [0.717, 1.165) is 22.7 Å². The summed E-state index contributed by atoms with van der Waals surface area (Å²) in [6.45, 7) is 1.84. The largest absolute Gasteiger partial charge is 0.457 e. The van der Waals surface area contributed by atoms with Crippen LogP contribution in [0.2, 0.25) is 0 Å². The fourth-order valence-corrected chi connectivity index (χ4v) is 2.89. The number of carbonyl (C=O) groups is 1. The minimum Gasteiger partial charge on any atom is -0.457 e. The molecule has 0 saturated carbocycles. The molecular weight excluding hydrogens is 336 g/mol. The van der Waals surface area contributed by atoms with E-state index in [2.05, 4.69) is 5.10 Å². The van der Waals surface area contributed by atoms with Gasteiger partial charge in [-0.05, 0) is 55.0 Å². The highest BCUT2D eigenvalue weighted by Gasteiger charge is 2.28. The first-order valence-electron chi connectivity index (χ1n) is 8.70. The van der Waals surface area contributed by atoms with Gasteiger partial charge >= 0.3 is 0 Å². The van der Waals surface area contributed by atoms with Crippen molar-refractivity contribution in [1.29, 1.82) is 0 Å². The first kappa shape index (κ1) is 16.8. The number of hydrogen-bond acceptors (Lipinski definition) is 3. The lowest BCUT2D eigenvalue weighted by atomic mass is 10.1. The Morgan fingerprint density at radius 2 is 1.52 bits per heavy atom. The summed E-state index contributed by atoms with van der Waals surface area (Å²) in [5, 5.41) is 5.84. The van der Waals surface area contributed by atoms with Crippen LogP contribution in [0.5, 0.6) is 11.5 Å². The van der Waals surface area contributed by atoms with Crippen LogP contribution in [0.15, 0.2) is 95.6 Å². The number of hydrazone groups is 1. The zero-order valence-corrected chi connectivity index (χ0v) is 14.9. The molecule has 0 aromatic heterocycles. The normalized spacial score (nSPS) is 15.1. The number of hydrogen-bond donors (Lipinski definition) is 0. The van der Waals surface area contributed by atoms with E-state index in [1.54, 1.807) is 0 Å². The number of rotatable bonds is 4. The summed E-state index contributed by atoms with van der Waals surface area (Å²) in [7, 11) is 0. The molecule has 0 aliphatic carbocycles. The van der Waals surface area contributed by atoms with Crippen LogP contribution in [-0.4, -0.2) is 11.6 Å². The third kappa shape index (κ3) is 3.65. The molecule has 3 aromatic carbocycles. The Hall–Kier alpha value is -3.66. The maximum Gasteiger partial charge on any atom is 0.280 e. The minimum atomic E-state index is -0.131. The Kier molecular flexibility index (Phi) is 4.54. The number of benzene rings is 3. The molecule has 0 bridgehead atoms. The van der Waals surface area contributed by atoms with E-state index >= 15 is 0 Å². The average Bonchev–Trinajstić information content (AvgIpc) is 2.98. The van der Waals surface area contributed by atoms with Crippen LogP contribution < -0.4 is 9.75 Å². The third-order valence-corrected chi connectivity index (χ3v) is 4.21. The smallest absolute Gasteiger partial charge is 0.280 e. The molecule has 1 amide bonds. The lowest BCUT2D eigenvalue weighted by Gasteiger charge is -2.11. The van der Waals surface area contributed by atoms with E-state index in [1.165, 1.54) is 5.01 Å². The topological polar surface area (TPSA) is 41.9 Å². The molecule has 0 N–H and O–H groups in total. The molecule has 1 heterocycles. The van der Waals surface area contributed by atoms with Gasteiger partial charge < -0.3 is 4.74 Å². The van der Waals surface area contributed by atoms with E-state index in [4.69, 9.17) is 4.74 Å². The van der Waals surface area contributed by atoms with Gasteiger partial charge in [-0.15, -0.1) is 0 Å². The van der Waals surface area contributed by atoms with Crippen LogP contribution >= 0.6 is 0 Å². The number of ether oxygens (including phenoxy) is 1. The van der Waals surface area contributed by atoms with E-state index in [9.17, 15) is 4.79 Å². The summed E-state index contributed by atoms with van der Waals surface area (Å²) in [6, 6.07) is 26.7. The first-order chi connectivity index (χ1) is 13.2. The van der Waals surface area contributed by atoms with Crippen LogP contribution in [0.1, 0.15) is 12.5 Å². The second-order valence-corrected chi connectivity index (χ2v) is 6.18. The van der Waals surface area contributed by atoms with Gasteiger partial charge in [-0.3, -0.25) is 4.79 Å². The molecule has 0 spiro atoms. The molecule has 0 saturated heterocycles. The van der Waals surface area contributed by atoms with Gasteiger partial charge in [-0.1, -0.05) is 48.5 Å². The molecule has 132 valence electrons. The summed E-state index contributed by atoms with van der Waals surface area (Å²) >= 11 is 0. The molecule has 0 atom stereocenters. The van der Waals surface area contributed by atoms with Crippen molar-refractivity contribution in [3.63, 3.8) is 0 Å². The van der Waals surface area contributed by atoms with Crippen LogP contribution in [0.25, 0.3) is 6.08 Å². The number of anilines is 1. The molecule has 0 fully saturated rings. The van der Waals surface area contributed by atoms with Gasteiger partial charge in [0, 0.05) is 0 Å². The Morgan fingerprint density at radius 3 is 2.26 bits per heavy atom. The zero-order valence-electron chi connectivity index (χ0n) is 14.9. The van der Waals surface area contributed by atoms with Crippen LogP contribution in [-0.2, 0) is 4.79 Å². The van der Waals surface area contributed by atoms with Crippen molar-refractivity contribution in [3.05, 3.63) is 96.1 Å². The van der Waals surface area contributed by atoms with Crippen molar-refractivity contribution in [2.45, 2.75) is 6.92 Å². The number of amides is 1. The molecule has 1 aliphatic heterocycles. The zero-order chi connectivity index (χ0) is 18.6. The van der Waals surface area contributed by atoms with Crippen LogP contribution in [0.4, 0.5) is 5.69 Å². The minimum absolute atomic E-state index is 0.131. The lowest BCUT2D eigenvalue weighted by Crippen LogP contribution is -2.21. The molecule has 27 heavy (non-hydrogen) atoms. The van der Waals surface area contributed by atoms with Gasteiger partial charge in [0.2, 0.25) is 0 Å². The summed E-state index contributed by atoms with van der Waals surface area (Å²) in [4.78, 5) is 12.8. The van der Waals surface area contributed by atoms with E-state index in [0.29, 0.717) is 11.3 Å². The van der Waals surface area contributed by atoms with E-state index in [1.807, 2.05) is 97.9 Å². The quantitative estimate of drug-likeness (QED) is 0.598. The molecule has 0 unspecified atom stereocenters. The van der Waals surface area contributed by atoms with Crippen molar-refractivity contribution in [2.24, 2.45) is 5.10 Å². The maximum atomic E-state index is 12.8. The average molecular weight is 354 g/mol. The van der Waals surface area contributed by atoms with Crippen LogP contribution in [0.3, 0.4) is 0 Å². The molecule has 4 nitrogen and oxygen atoms in total. The summed E-state index contributed by atoms with van der Waals surface area (Å²) in [5.74, 6) is 1.36. The van der Waals surface area contributed by atoms with E-state index in [-0.39, 0.29) is 5.91 Å². The van der Waals surface area contributed by atoms with Crippen molar-refractivity contribution in [3.8, 4) is 11.5 Å². The Labute approximate surface area is 158 Å².